The van der Waals surface area contributed by atoms with Crippen LogP contribution in [0.1, 0.15) is 11.1 Å². The van der Waals surface area contributed by atoms with Crippen LogP contribution in [0.4, 0.5) is 5.69 Å². The van der Waals surface area contributed by atoms with Gasteiger partial charge in [0.2, 0.25) is 0 Å². The maximum Gasteiger partial charge on any atom is 0.323 e. The highest BCUT2D eigenvalue weighted by Crippen LogP contribution is 2.23. The van der Waals surface area contributed by atoms with Crippen molar-refractivity contribution < 1.29 is 14.6 Å². The van der Waals surface area contributed by atoms with Gasteiger partial charge in [-0.15, -0.1) is 0 Å². The summed E-state index contributed by atoms with van der Waals surface area (Å²) in [5.41, 5.74) is 2.99. The van der Waals surface area contributed by atoms with Gasteiger partial charge in [0.1, 0.15) is 12.3 Å². The normalized spacial score (nSPS) is 10.2. The van der Waals surface area contributed by atoms with E-state index in [0.717, 1.165) is 22.6 Å². The number of nitrogens with zero attached hydrogens (tertiary/aromatic N) is 1. The summed E-state index contributed by atoms with van der Waals surface area (Å²) >= 11 is 0. The Bertz CT molecular complexity index is 608. The van der Waals surface area contributed by atoms with Crippen molar-refractivity contribution in [3.8, 4) is 5.75 Å². The van der Waals surface area contributed by atoms with Crippen LogP contribution in [0.3, 0.4) is 0 Å². The minimum atomic E-state index is -0.856. The molecule has 0 heterocycles. The van der Waals surface area contributed by atoms with E-state index >= 15 is 0 Å². The minimum Gasteiger partial charge on any atom is -0.496 e. The van der Waals surface area contributed by atoms with E-state index in [2.05, 4.69) is 0 Å². The second-order valence-electron chi connectivity index (χ2n) is 4.90. The van der Waals surface area contributed by atoms with Crippen LogP contribution in [0, 0.1) is 6.92 Å². The topological polar surface area (TPSA) is 49.8 Å². The molecule has 0 saturated heterocycles. The predicted octanol–water partition coefficient (Wildman–Crippen LogP) is 3.09. The molecule has 0 aliphatic rings. The fourth-order valence-corrected chi connectivity index (χ4v) is 2.20. The first-order valence-corrected chi connectivity index (χ1v) is 6.75. The third kappa shape index (κ3) is 3.99. The van der Waals surface area contributed by atoms with E-state index in [4.69, 9.17) is 9.84 Å². The van der Waals surface area contributed by atoms with Gasteiger partial charge in [-0.05, 0) is 25.1 Å². The third-order valence-corrected chi connectivity index (χ3v) is 3.28. The van der Waals surface area contributed by atoms with Gasteiger partial charge in [-0.25, -0.2) is 0 Å². The Morgan fingerprint density at radius 3 is 2.43 bits per heavy atom. The van der Waals surface area contributed by atoms with E-state index in [-0.39, 0.29) is 6.54 Å². The van der Waals surface area contributed by atoms with E-state index in [1.807, 2.05) is 60.4 Å². The van der Waals surface area contributed by atoms with Crippen LogP contribution in [0.5, 0.6) is 5.75 Å². The summed E-state index contributed by atoms with van der Waals surface area (Å²) < 4.78 is 5.33. The summed E-state index contributed by atoms with van der Waals surface area (Å²) in [6, 6.07) is 15.5. The fourth-order valence-electron chi connectivity index (χ4n) is 2.20. The first kappa shape index (κ1) is 14.9. The lowest BCUT2D eigenvalue weighted by Gasteiger charge is -2.24. The predicted molar refractivity (Wildman–Crippen MR) is 82.9 cm³/mol. The molecule has 0 amide bonds. The van der Waals surface area contributed by atoms with E-state index < -0.39 is 5.97 Å². The van der Waals surface area contributed by atoms with E-state index in [9.17, 15) is 4.79 Å². The quantitative estimate of drug-likeness (QED) is 0.886. The number of methoxy groups -OCH3 is 1. The van der Waals surface area contributed by atoms with Crippen LogP contribution < -0.4 is 9.64 Å². The largest absolute Gasteiger partial charge is 0.496 e. The zero-order valence-electron chi connectivity index (χ0n) is 12.2. The lowest BCUT2D eigenvalue weighted by atomic mass is 10.1. The Morgan fingerprint density at radius 2 is 1.81 bits per heavy atom. The molecule has 21 heavy (non-hydrogen) atoms. The molecule has 4 heteroatoms. The highest BCUT2D eigenvalue weighted by molar-refractivity contribution is 5.73. The van der Waals surface area contributed by atoms with Crippen molar-refractivity contribution in [3.63, 3.8) is 0 Å². The van der Waals surface area contributed by atoms with Crippen molar-refractivity contribution >= 4 is 11.7 Å². The fraction of sp³-hybridized carbons (Fsp3) is 0.235. The zero-order chi connectivity index (χ0) is 15.2. The number of benzene rings is 2. The summed E-state index contributed by atoms with van der Waals surface area (Å²) in [6.07, 6.45) is 0. The minimum absolute atomic E-state index is 0.0545. The van der Waals surface area contributed by atoms with Crippen molar-refractivity contribution in [1.29, 1.82) is 0 Å². The Kier molecular flexibility index (Phi) is 4.82. The molecule has 0 fully saturated rings. The smallest absolute Gasteiger partial charge is 0.323 e. The molecular formula is C17H19NO3. The molecule has 4 nitrogen and oxygen atoms in total. The number of ether oxygens (including phenoxy) is 1. The number of hydrogen-bond acceptors (Lipinski definition) is 3. The molecule has 2 aromatic rings. The van der Waals surface area contributed by atoms with Crippen molar-refractivity contribution in [1.82, 2.24) is 0 Å². The number of aryl methyl sites for hydroxylation is 1. The summed E-state index contributed by atoms with van der Waals surface area (Å²) in [6.45, 7) is 2.44. The second-order valence-corrected chi connectivity index (χ2v) is 4.90. The average molecular weight is 285 g/mol. The van der Waals surface area contributed by atoms with Gasteiger partial charge < -0.3 is 14.7 Å². The van der Waals surface area contributed by atoms with Gasteiger partial charge in [0.15, 0.2) is 0 Å². The van der Waals surface area contributed by atoms with Gasteiger partial charge in [-0.1, -0.05) is 35.9 Å². The molecule has 2 rings (SSSR count). The van der Waals surface area contributed by atoms with Crippen LogP contribution in [-0.4, -0.2) is 24.7 Å². The maximum absolute atomic E-state index is 11.1. The SMILES string of the molecule is COc1ccccc1CN(CC(=O)O)c1ccc(C)cc1. The van der Waals surface area contributed by atoms with Gasteiger partial charge in [0, 0.05) is 17.8 Å². The van der Waals surface area contributed by atoms with Crippen molar-refractivity contribution in [2.45, 2.75) is 13.5 Å². The van der Waals surface area contributed by atoms with E-state index in [0.29, 0.717) is 6.54 Å². The molecule has 0 bridgehead atoms. The highest BCUT2D eigenvalue weighted by Gasteiger charge is 2.13. The molecule has 0 spiro atoms. The monoisotopic (exact) mass is 285 g/mol. The summed E-state index contributed by atoms with van der Waals surface area (Å²) in [4.78, 5) is 12.9. The molecule has 0 aromatic heterocycles. The molecule has 0 saturated carbocycles. The number of rotatable bonds is 6. The Balaban J connectivity index is 2.28. The van der Waals surface area contributed by atoms with Crippen LogP contribution in [0.15, 0.2) is 48.5 Å². The molecule has 0 unspecified atom stereocenters. The Hall–Kier alpha value is -2.49. The molecule has 110 valence electrons. The number of para-hydroxylation sites is 1. The lowest BCUT2D eigenvalue weighted by molar-refractivity contribution is -0.135. The van der Waals surface area contributed by atoms with Crippen LogP contribution in [0.2, 0.25) is 0 Å². The standard InChI is InChI=1S/C17H19NO3/c1-13-7-9-15(10-8-13)18(12-17(19)20)11-14-5-3-4-6-16(14)21-2/h3-10H,11-12H2,1-2H3,(H,19,20). The summed E-state index contributed by atoms with van der Waals surface area (Å²) in [5, 5.41) is 9.13. The second kappa shape index (κ2) is 6.79. The van der Waals surface area contributed by atoms with Crippen LogP contribution in [-0.2, 0) is 11.3 Å². The number of carbonyl (C=O) groups is 1. The van der Waals surface area contributed by atoms with Gasteiger partial charge in [0.25, 0.3) is 0 Å². The van der Waals surface area contributed by atoms with Crippen molar-refractivity contribution in [2.75, 3.05) is 18.6 Å². The molecule has 0 radical (unpaired) electrons. The van der Waals surface area contributed by atoms with Crippen LogP contribution in [0.25, 0.3) is 0 Å². The summed E-state index contributed by atoms with van der Waals surface area (Å²) in [7, 11) is 1.62. The first-order valence-electron chi connectivity index (χ1n) is 6.75. The number of carboxylic acids is 1. The first-order chi connectivity index (χ1) is 10.1. The van der Waals surface area contributed by atoms with E-state index in [1.54, 1.807) is 7.11 Å². The number of hydrogen-bond donors (Lipinski definition) is 1. The van der Waals surface area contributed by atoms with Crippen molar-refractivity contribution in [3.05, 3.63) is 59.7 Å². The molecule has 0 aliphatic carbocycles. The molecular weight excluding hydrogens is 266 g/mol. The molecule has 1 N–H and O–H groups in total. The lowest BCUT2D eigenvalue weighted by Crippen LogP contribution is -2.29. The number of anilines is 1. The number of carboxylic acid groups (broad SMARTS) is 1. The molecule has 2 aromatic carbocycles. The Labute approximate surface area is 124 Å². The van der Waals surface area contributed by atoms with Gasteiger partial charge in [0.05, 0.1) is 7.11 Å². The van der Waals surface area contributed by atoms with Crippen LogP contribution >= 0.6 is 0 Å². The van der Waals surface area contributed by atoms with Gasteiger partial charge in [-0.3, -0.25) is 4.79 Å². The zero-order valence-corrected chi connectivity index (χ0v) is 12.2. The Morgan fingerprint density at radius 1 is 1.14 bits per heavy atom. The molecule has 0 aliphatic heterocycles. The highest BCUT2D eigenvalue weighted by atomic mass is 16.5. The third-order valence-electron chi connectivity index (χ3n) is 3.28. The number of aliphatic carboxylic acids is 1. The summed E-state index contributed by atoms with van der Waals surface area (Å²) in [5.74, 6) is -0.0922. The van der Waals surface area contributed by atoms with E-state index in [1.165, 1.54) is 0 Å². The van der Waals surface area contributed by atoms with Gasteiger partial charge >= 0.3 is 5.97 Å². The molecule has 0 atom stereocenters. The van der Waals surface area contributed by atoms with Gasteiger partial charge in [-0.2, -0.15) is 0 Å². The average Bonchev–Trinajstić information content (AvgIpc) is 2.47. The van der Waals surface area contributed by atoms with Crippen molar-refractivity contribution in [2.24, 2.45) is 0 Å². The maximum atomic E-state index is 11.1.